The first kappa shape index (κ1) is 48.5. The Kier molecular flexibility index (Phi) is 18.3. The van der Waals surface area contributed by atoms with Crippen molar-refractivity contribution in [3.05, 3.63) is 179 Å². The highest BCUT2D eigenvalue weighted by Gasteiger charge is 2.52. The first-order valence-corrected chi connectivity index (χ1v) is 23.1. The summed E-state index contributed by atoms with van der Waals surface area (Å²) in [5.41, 5.74) is 3.05. The van der Waals surface area contributed by atoms with Crippen LogP contribution in [0.1, 0.15) is 52.9 Å². The molecular formula is C52H56O13S. The zero-order valence-corrected chi connectivity index (χ0v) is 37.7. The SMILES string of the molecule is CCS[C@@H]1O[C@@H](C)[C@H](OCc2ccccc2)[C@@H](OCc2ccccc2)[C@H]1OC(=O)CC(=O)O[C@H]1[C@H](O)[C@@H](COCc2ccccc2)O[C@H](OCc2ccccc2)[C@@H]1OC(=O)c1ccccc1. The summed E-state index contributed by atoms with van der Waals surface area (Å²) >= 11 is 1.44. The van der Waals surface area contributed by atoms with E-state index >= 15 is 0 Å². The fraction of sp³-hybridized carbons (Fsp3) is 0.365. The van der Waals surface area contributed by atoms with Crippen molar-refractivity contribution in [2.24, 2.45) is 0 Å². The van der Waals surface area contributed by atoms with E-state index in [0.717, 1.165) is 22.3 Å². The van der Waals surface area contributed by atoms with Gasteiger partial charge in [0.1, 0.15) is 36.3 Å². The van der Waals surface area contributed by atoms with Gasteiger partial charge in [0, 0.05) is 0 Å². The Labute approximate surface area is 389 Å². The van der Waals surface area contributed by atoms with Gasteiger partial charge in [0.05, 0.1) is 44.7 Å². The van der Waals surface area contributed by atoms with Gasteiger partial charge in [-0.25, -0.2) is 4.79 Å². The standard InChI is InChI=1S/C52H56O13S/c1-3-66-52-49(47(59-32-38-23-13-6-14-24-38)45(35(2)61-52)58-31-37-21-11-5-12-22-37)64-43(54)29-42(53)63-46-44(55)41(34-57-30-36-19-9-4-10-20-36)62-51(60-33-39-25-15-7-16-26-39)48(46)65-50(56)40-27-17-8-18-28-40/h4-28,35,41,44-49,51-52,55H,3,29-34H2,1-2H3/t35-,41+,44+,45-,46-,47+,48+,49+,51-,52-/m0/s1. The number of hydrogen-bond acceptors (Lipinski definition) is 14. The second-order valence-electron chi connectivity index (χ2n) is 15.8. The lowest BCUT2D eigenvalue weighted by Gasteiger charge is -2.44. The topological polar surface area (TPSA) is 155 Å². The lowest BCUT2D eigenvalue weighted by molar-refractivity contribution is -0.307. The first-order chi connectivity index (χ1) is 32.2. The summed E-state index contributed by atoms with van der Waals surface area (Å²) < 4.78 is 56.0. The minimum atomic E-state index is -1.59. The molecule has 2 saturated heterocycles. The van der Waals surface area contributed by atoms with Crippen LogP contribution in [0.4, 0.5) is 0 Å². The van der Waals surface area contributed by atoms with E-state index < -0.39 is 84.9 Å². The van der Waals surface area contributed by atoms with Crippen molar-refractivity contribution in [1.82, 2.24) is 0 Å². The normalized spacial score (nSPS) is 25.1. The molecule has 5 aromatic rings. The fourth-order valence-corrected chi connectivity index (χ4v) is 8.64. The van der Waals surface area contributed by atoms with Crippen LogP contribution >= 0.6 is 11.8 Å². The van der Waals surface area contributed by atoms with Crippen LogP contribution in [0.15, 0.2) is 152 Å². The zero-order chi connectivity index (χ0) is 46.1. The number of aliphatic hydroxyl groups excluding tert-OH is 1. The summed E-state index contributed by atoms with van der Waals surface area (Å²) in [6.07, 6.45) is -10.9. The molecule has 10 atom stereocenters. The van der Waals surface area contributed by atoms with Crippen LogP contribution < -0.4 is 0 Å². The van der Waals surface area contributed by atoms with Crippen LogP contribution in [0.5, 0.6) is 0 Å². The molecule has 348 valence electrons. The van der Waals surface area contributed by atoms with E-state index in [1.54, 1.807) is 30.3 Å². The van der Waals surface area contributed by atoms with Crippen molar-refractivity contribution in [1.29, 1.82) is 0 Å². The first-order valence-electron chi connectivity index (χ1n) is 22.1. The zero-order valence-electron chi connectivity index (χ0n) is 36.9. The molecular weight excluding hydrogens is 865 g/mol. The van der Waals surface area contributed by atoms with Crippen LogP contribution in [-0.4, -0.2) is 95.9 Å². The quantitative estimate of drug-likeness (QED) is 0.0436. The average molecular weight is 921 g/mol. The highest BCUT2D eigenvalue weighted by molar-refractivity contribution is 7.99. The van der Waals surface area contributed by atoms with Crippen LogP contribution in [0.3, 0.4) is 0 Å². The Hall–Kier alpha value is -5.42. The Morgan fingerprint density at radius 2 is 1.02 bits per heavy atom. The number of aliphatic hydroxyl groups is 1. The molecule has 2 heterocycles. The number of ether oxygens (including phenoxy) is 9. The van der Waals surface area contributed by atoms with Crippen molar-refractivity contribution in [3.8, 4) is 0 Å². The van der Waals surface area contributed by atoms with E-state index in [4.69, 9.17) is 42.6 Å². The average Bonchev–Trinajstić information content (AvgIpc) is 3.34. The van der Waals surface area contributed by atoms with Gasteiger partial charge in [-0.3, -0.25) is 9.59 Å². The molecule has 7 rings (SSSR count). The summed E-state index contributed by atoms with van der Waals surface area (Å²) in [6.45, 7) is 4.37. The number of hydrogen-bond donors (Lipinski definition) is 1. The van der Waals surface area contributed by atoms with Crippen LogP contribution in [-0.2, 0) is 78.6 Å². The molecule has 14 heteroatoms. The van der Waals surface area contributed by atoms with Crippen molar-refractivity contribution < 1.29 is 62.1 Å². The number of rotatable bonds is 21. The number of thioether (sulfide) groups is 1. The van der Waals surface area contributed by atoms with Crippen molar-refractivity contribution in [3.63, 3.8) is 0 Å². The second kappa shape index (κ2) is 24.9. The maximum Gasteiger partial charge on any atom is 0.338 e. The van der Waals surface area contributed by atoms with Crippen molar-refractivity contribution in [2.45, 2.75) is 107 Å². The van der Waals surface area contributed by atoms with Crippen molar-refractivity contribution in [2.75, 3.05) is 12.4 Å². The molecule has 0 aliphatic carbocycles. The summed E-state index contributed by atoms with van der Waals surface area (Å²) in [5.74, 6) is -2.14. The maximum atomic E-state index is 14.0. The van der Waals surface area contributed by atoms with Gasteiger partial charge >= 0.3 is 17.9 Å². The highest BCUT2D eigenvalue weighted by Crippen LogP contribution is 2.35. The summed E-state index contributed by atoms with van der Waals surface area (Å²) in [4.78, 5) is 41.6. The van der Waals surface area contributed by atoms with Crippen molar-refractivity contribution >= 4 is 29.7 Å². The molecule has 0 amide bonds. The third-order valence-corrected chi connectivity index (χ3v) is 12.0. The Bertz CT molecular complexity index is 2220. The van der Waals surface area contributed by atoms with Crippen LogP contribution in [0, 0.1) is 0 Å². The molecule has 0 spiro atoms. The Balaban J connectivity index is 1.11. The number of carbonyl (C=O) groups is 3. The third kappa shape index (κ3) is 13.8. The van der Waals surface area contributed by atoms with Gasteiger partial charge < -0.3 is 47.7 Å². The van der Waals surface area contributed by atoms with E-state index in [9.17, 15) is 19.5 Å². The molecule has 0 saturated carbocycles. The molecule has 5 aromatic carbocycles. The minimum Gasteiger partial charge on any atom is -0.455 e. The van der Waals surface area contributed by atoms with Crippen LogP contribution in [0.25, 0.3) is 0 Å². The van der Waals surface area contributed by atoms with E-state index in [-0.39, 0.29) is 38.6 Å². The molecule has 66 heavy (non-hydrogen) atoms. The van der Waals surface area contributed by atoms with E-state index in [2.05, 4.69) is 0 Å². The summed E-state index contributed by atoms with van der Waals surface area (Å²) in [7, 11) is 0. The smallest absolute Gasteiger partial charge is 0.338 e. The van der Waals surface area contributed by atoms with Gasteiger partial charge in [-0.1, -0.05) is 146 Å². The predicted molar refractivity (Wildman–Crippen MR) is 245 cm³/mol. The largest absolute Gasteiger partial charge is 0.455 e. The monoisotopic (exact) mass is 920 g/mol. The third-order valence-electron chi connectivity index (χ3n) is 11.0. The van der Waals surface area contributed by atoms with Gasteiger partial charge in [0.25, 0.3) is 0 Å². The summed E-state index contributed by atoms with van der Waals surface area (Å²) in [5, 5.41) is 11.9. The van der Waals surface area contributed by atoms with E-state index in [1.165, 1.54) is 11.8 Å². The number of esters is 3. The van der Waals surface area contributed by atoms with Gasteiger partial charge in [-0.15, -0.1) is 11.8 Å². The van der Waals surface area contributed by atoms with Gasteiger partial charge in [0.2, 0.25) is 0 Å². The van der Waals surface area contributed by atoms with Gasteiger partial charge in [0.15, 0.2) is 24.6 Å². The fourth-order valence-electron chi connectivity index (χ4n) is 7.66. The molecule has 0 aromatic heterocycles. The molecule has 0 radical (unpaired) electrons. The minimum absolute atomic E-state index is 0.0220. The van der Waals surface area contributed by atoms with E-state index in [1.807, 2.05) is 135 Å². The van der Waals surface area contributed by atoms with Gasteiger partial charge in [-0.2, -0.15) is 0 Å². The maximum absolute atomic E-state index is 14.0. The van der Waals surface area contributed by atoms with E-state index in [0.29, 0.717) is 5.75 Å². The molecule has 2 fully saturated rings. The van der Waals surface area contributed by atoms with Gasteiger partial charge in [-0.05, 0) is 47.1 Å². The lowest BCUT2D eigenvalue weighted by Crippen LogP contribution is -2.62. The molecule has 13 nitrogen and oxygen atoms in total. The molecule has 2 aliphatic heterocycles. The highest BCUT2D eigenvalue weighted by atomic mass is 32.2. The summed E-state index contributed by atoms with van der Waals surface area (Å²) in [6, 6.07) is 46.2. The van der Waals surface area contributed by atoms with Crippen LogP contribution in [0.2, 0.25) is 0 Å². The molecule has 0 unspecified atom stereocenters. The molecule has 2 aliphatic rings. The second-order valence-corrected chi connectivity index (χ2v) is 17.2. The number of carbonyl (C=O) groups excluding carboxylic acids is 3. The predicted octanol–water partition coefficient (Wildman–Crippen LogP) is 7.61. The molecule has 1 N–H and O–H groups in total. The number of benzene rings is 5. The lowest BCUT2D eigenvalue weighted by atomic mass is 9.98. The Morgan fingerprint density at radius 3 is 1.55 bits per heavy atom. The molecule has 0 bridgehead atoms. The Morgan fingerprint density at radius 1 is 0.545 bits per heavy atom.